The fourth-order valence-corrected chi connectivity index (χ4v) is 1.20. The van der Waals surface area contributed by atoms with Crippen LogP contribution >= 0.6 is 0 Å². The third-order valence-electron chi connectivity index (χ3n) is 2.00. The van der Waals surface area contributed by atoms with Crippen LogP contribution in [0, 0.1) is 17.1 Å². The number of nitrogens with zero attached hydrogens (tertiary/aromatic N) is 1. The Morgan fingerprint density at radius 2 is 2.22 bits per heavy atom. The number of nitrogens with one attached hydrogen (secondary N) is 1. The summed E-state index contributed by atoms with van der Waals surface area (Å²) in [5, 5.41) is 19.9. The molecule has 0 heterocycles. The average molecular weight is 252 g/mol. The van der Waals surface area contributed by atoms with Gasteiger partial charge < -0.3 is 15.2 Å². The minimum Gasteiger partial charge on any atom is -0.506 e. The molecule has 2 N–H and O–H groups in total. The van der Waals surface area contributed by atoms with Crippen molar-refractivity contribution in [2.24, 2.45) is 0 Å². The number of anilines is 1. The predicted molar refractivity (Wildman–Crippen MR) is 58.3 cm³/mol. The second-order valence-corrected chi connectivity index (χ2v) is 3.22. The predicted octanol–water partition coefficient (Wildman–Crippen LogP) is 1.17. The summed E-state index contributed by atoms with van der Waals surface area (Å²) in [6.07, 6.45) is -0.426. The fraction of sp³-hybridized carbons (Fsp3) is 0.182. The van der Waals surface area contributed by atoms with E-state index in [1.54, 1.807) is 6.07 Å². The molecule has 0 radical (unpaired) electrons. The van der Waals surface area contributed by atoms with Gasteiger partial charge in [0.1, 0.15) is 18.0 Å². The molecule has 0 fully saturated rings. The number of carbonyl (C=O) groups excluding carboxylic acids is 2. The maximum atomic E-state index is 13.3. The summed E-state index contributed by atoms with van der Waals surface area (Å²) in [6, 6.07) is 3.22. The molecular formula is C11H9FN2O4. The topological polar surface area (TPSA) is 99.4 Å². The third kappa shape index (κ3) is 2.95. The minimum atomic E-state index is -0.974. The molecule has 0 bridgehead atoms. The van der Waals surface area contributed by atoms with Crippen molar-refractivity contribution in [3.05, 3.63) is 23.5 Å². The highest BCUT2D eigenvalue weighted by Crippen LogP contribution is 2.27. The summed E-state index contributed by atoms with van der Waals surface area (Å²) in [4.78, 5) is 22.3. The van der Waals surface area contributed by atoms with Gasteiger partial charge in [0.2, 0.25) is 5.91 Å². The van der Waals surface area contributed by atoms with E-state index in [0.29, 0.717) is 6.07 Å². The van der Waals surface area contributed by atoms with Crippen molar-refractivity contribution in [2.75, 3.05) is 12.4 Å². The molecule has 0 saturated carbocycles. The normalized spacial score (nSPS) is 9.39. The lowest BCUT2D eigenvalue weighted by atomic mass is 10.1. The molecule has 0 aliphatic heterocycles. The number of amides is 1. The molecule has 1 rings (SSSR count). The first-order chi connectivity index (χ1) is 8.49. The third-order valence-corrected chi connectivity index (χ3v) is 2.00. The molecule has 0 spiro atoms. The Labute approximate surface area is 102 Å². The molecule has 6 nitrogen and oxygen atoms in total. The smallest absolute Gasteiger partial charge is 0.340 e. The number of methoxy groups -OCH3 is 1. The number of rotatable bonds is 3. The van der Waals surface area contributed by atoms with Crippen LogP contribution in [0.2, 0.25) is 0 Å². The van der Waals surface area contributed by atoms with E-state index < -0.39 is 35.4 Å². The molecule has 0 aliphatic rings. The van der Waals surface area contributed by atoms with Gasteiger partial charge >= 0.3 is 5.97 Å². The van der Waals surface area contributed by atoms with E-state index in [1.165, 1.54) is 0 Å². The maximum Gasteiger partial charge on any atom is 0.340 e. The Morgan fingerprint density at radius 1 is 1.56 bits per heavy atom. The first-order valence-electron chi connectivity index (χ1n) is 4.77. The Bertz CT molecular complexity index is 537. The van der Waals surface area contributed by atoms with Crippen LogP contribution in [-0.2, 0) is 9.53 Å². The van der Waals surface area contributed by atoms with E-state index in [-0.39, 0.29) is 5.69 Å². The lowest BCUT2D eigenvalue weighted by Crippen LogP contribution is -2.12. The number of phenolic OH excluding ortho intramolecular Hbond substituents is 1. The SMILES string of the molecule is COC(=O)c1cc(NC(=O)CC#N)c(O)cc1F. The number of hydrogen-bond acceptors (Lipinski definition) is 5. The van der Waals surface area contributed by atoms with E-state index in [2.05, 4.69) is 10.1 Å². The van der Waals surface area contributed by atoms with Crippen LogP contribution in [0.1, 0.15) is 16.8 Å². The first kappa shape index (κ1) is 13.4. The zero-order valence-corrected chi connectivity index (χ0v) is 9.36. The van der Waals surface area contributed by atoms with E-state index in [0.717, 1.165) is 13.2 Å². The van der Waals surface area contributed by atoms with Crippen LogP contribution in [0.3, 0.4) is 0 Å². The van der Waals surface area contributed by atoms with Gasteiger partial charge in [-0.1, -0.05) is 0 Å². The van der Waals surface area contributed by atoms with Gasteiger partial charge in [-0.2, -0.15) is 5.26 Å². The highest BCUT2D eigenvalue weighted by Gasteiger charge is 2.17. The molecule has 94 valence electrons. The van der Waals surface area contributed by atoms with Gasteiger partial charge in [0, 0.05) is 6.07 Å². The summed E-state index contributed by atoms with van der Waals surface area (Å²) in [6.45, 7) is 0. The Morgan fingerprint density at radius 3 is 2.78 bits per heavy atom. The van der Waals surface area contributed by atoms with Crippen molar-refractivity contribution >= 4 is 17.6 Å². The molecule has 18 heavy (non-hydrogen) atoms. The molecule has 0 saturated heterocycles. The van der Waals surface area contributed by atoms with Gasteiger partial charge in [-0.05, 0) is 6.07 Å². The number of nitriles is 1. The molecule has 7 heteroatoms. The van der Waals surface area contributed by atoms with Gasteiger partial charge in [-0.15, -0.1) is 0 Å². The van der Waals surface area contributed by atoms with Gasteiger partial charge in [0.05, 0.1) is 24.4 Å². The molecule has 0 aliphatic carbocycles. The summed E-state index contributed by atoms with van der Waals surface area (Å²) < 4.78 is 17.7. The number of ether oxygens (including phenoxy) is 1. The standard InChI is InChI=1S/C11H9FN2O4/c1-18-11(17)6-4-8(9(15)5-7(6)12)14-10(16)2-3-13/h4-5,15H,2H2,1H3,(H,14,16). The maximum absolute atomic E-state index is 13.3. The van der Waals surface area contributed by atoms with Crippen LogP contribution in [0.5, 0.6) is 5.75 Å². The van der Waals surface area contributed by atoms with Crippen molar-refractivity contribution in [1.29, 1.82) is 5.26 Å². The molecule has 0 aromatic heterocycles. The molecule has 0 atom stereocenters. The Kier molecular flexibility index (Phi) is 4.21. The van der Waals surface area contributed by atoms with Gasteiger partial charge in [-0.25, -0.2) is 9.18 Å². The van der Waals surface area contributed by atoms with Crippen LogP contribution in [0.4, 0.5) is 10.1 Å². The number of benzene rings is 1. The molecular weight excluding hydrogens is 243 g/mol. The second kappa shape index (κ2) is 5.63. The number of halogens is 1. The van der Waals surface area contributed by atoms with Crippen molar-refractivity contribution in [2.45, 2.75) is 6.42 Å². The quantitative estimate of drug-likeness (QED) is 0.621. The number of aromatic hydroxyl groups is 1. The van der Waals surface area contributed by atoms with E-state index >= 15 is 0 Å². The van der Waals surface area contributed by atoms with Crippen molar-refractivity contribution < 1.29 is 23.8 Å². The molecule has 1 amide bonds. The van der Waals surface area contributed by atoms with E-state index in [9.17, 15) is 19.1 Å². The highest BCUT2D eigenvalue weighted by molar-refractivity contribution is 5.96. The van der Waals surface area contributed by atoms with E-state index in [4.69, 9.17) is 5.26 Å². The zero-order chi connectivity index (χ0) is 13.7. The summed E-state index contributed by atoms with van der Waals surface area (Å²) in [5.74, 6) is -3.15. The Hall–Kier alpha value is -2.62. The van der Waals surface area contributed by atoms with Crippen LogP contribution in [-0.4, -0.2) is 24.1 Å². The van der Waals surface area contributed by atoms with Gasteiger partial charge in [-0.3, -0.25) is 4.79 Å². The van der Waals surface area contributed by atoms with Crippen molar-refractivity contribution in [3.8, 4) is 11.8 Å². The van der Waals surface area contributed by atoms with E-state index in [1.807, 2.05) is 0 Å². The monoisotopic (exact) mass is 252 g/mol. The highest BCUT2D eigenvalue weighted by atomic mass is 19.1. The lowest BCUT2D eigenvalue weighted by molar-refractivity contribution is -0.115. The zero-order valence-electron chi connectivity index (χ0n) is 9.36. The fourth-order valence-electron chi connectivity index (χ4n) is 1.20. The van der Waals surface area contributed by atoms with Crippen LogP contribution in [0.25, 0.3) is 0 Å². The van der Waals surface area contributed by atoms with Gasteiger partial charge in [0.15, 0.2) is 0 Å². The minimum absolute atomic E-state index is 0.169. The van der Waals surface area contributed by atoms with Gasteiger partial charge in [0.25, 0.3) is 0 Å². The summed E-state index contributed by atoms with van der Waals surface area (Å²) in [5.41, 5.74) is -0.598. The summed E-state index contributed by atoms with van der Waals surface area (Å²) in [7, 11) is 1.07. The molecule has 0 unspecified atom stereocenters. The number of phenols is 1. The van der Waals surface area contributed by atoms with Crippen LogP contribution in [0.15, 0.2) is 12.1 Å². The molecule has 1 aromatic rings. The lowest BCUT2D eigenvalue weighted by Gasteiger charge is -2.08. The number of carbonyl (C=O) groups is 2. The molecule has 1 aromatic carbocycles. The second-order valence-electron chi connectivity index (χ2n) is 3.22. The number of esters is 1. The summed E-state index contributed by atoms with van der Waals surface area (Å²) >= 11 is 0. The Balaban J connectivity index is 3.10. The van der Waals surface area contributed by atoms with Crippen molar-refractivity contribution in [1.82, 2.24) is 0 Å². The van der Waals surface area contributed by atoms with Crippen LogP contribution < -0.4 is 5.32 Å². The average Bonchev–Trinajstić information content (AvgIpc) is 2.32. The number of hydrogen-bond donors (Lipinski definition) is 2. The largest absolute Gasteiger partial charge is 0.506 e. The van der Waals surface area contributed by atoms with Crippen molar-refractivity contribution in [3.63, 3.8) is 0 Å². The first-order valence-corrected chi connectivity index (χ1v) is 4.77.